The van der Waals surface area contributed by atoms with Gasteiger partial charge in [0.15, 0.2) is 0 Å². The van der Waals surface area contributed by atoms with Crippen LogP contribution < -0.4 is 4.74 Å². The Morgan fingerprint density at radius 3 is 2.08 bits per heavy atom. The molecule has 0 bridgehead atoms. The Morgan fingerprint density at radius 1 is 1.25 bits per heavy atom. The molecule has 0 heterocycles. The maximum absolute atomic E-state index is 12.5. The van der Waals surface area contributed by atoms with Gasteiger partial charge in [0.25, 0.3) is 0 Å². The van der Waals surface area contributed by atoms with Gasteiger partial charge in [0.2, 0.25) is 0 Å². The second-order valence-corrected chi connectivity index (χ2v) is 2.83. The third kappa shape index (κ3) is 2.11. The molecule has 0 aliphatic carbocycles. The summed E-state index contributed by atoms with van der Waals surface area (Å²) in [7, 11) is 1.48. The van der Waals surface area contributed by atoms with Crippen LogP contribution in [0.3, 0.4) is 0 Å². The summed E-state index contributed by atoms with van der Waals surface area (Å²) in [5.74, 6) is 0.552. The number of ether oxygens (including phenoxy) is 1. The van der Waals surface area contributed by atoms with Crippen molar-refractivity contribution < 1.29 is 13.5 Å². The molecule has 0 saturated heterocycles. The second-order valence-electron chi connectivity index (χ2n) is 2.27. The fraction of sp³-hybridized carbons (Fsp3) is 0.250. The first kappa shape index (κ1) is 9.32. The van der Waals surface area contributed by atoms with E-state index in [1.807, 2.05) is 0 Å². The third-order valence-electron chi connectivity index (χ3n) is 1.44. The maximum atomic E-state index is 12.5. The first-order valence-corrected chi connectivity index (χ1v) is 3.73. The summed E-state index contributed by atoms with van der Waals surface area (Å²) in [6, 6.07) is 5.51. The lowest BCUT2D eigenvalue weighted by molar-refractivity contribution is 0.108. The molecule has 0 radical (unpaired) electrons. The van der Waals surface area contributed by atoms with Crippen molar-refractivity contribution in [3.8, 4) is 5.75 Å². The molecule has 0 atom stereocenters. The number of rotatable bonds is 2. The highest BCUT2D eigenvalue weighted by Gasteiger charge is 2.25. The molecule has 0 aliphatic heterocycles. The Kier molecular flexibility index (Phi) is 2.57. The largest absolute Gasteiger partial charge is 0.497 e. The lowest BCUT2D eigenvalue weighted by atomic mass is 10.2. The van der Waals surface area contributed by atoms with Crippen molar-refractivity contribution in [2.45, 2.75) is 5.25 Å². The minimum atomic E-state index is -3.08. The van der Waals surface area contributed by atoms with E-state index in [2.05, 4.69) is 12.6 Å². The lowest BCUT2D eigenvalue weighted by Gasteiger charge is -2.09. The number of alkyl halides is 2. The lowest BCUT2D eigenvalue weighted by Crippen LogP contribution is -2.02. The standard InChI is InChI=1S/C8H8F2OS/c1-11-7-4-2-6(3-5-7)8(9,10)12/h2-5,12H,1H3. The van der Waals surface area contributed by atoms with Gasteiger partial charge in [-0.3, -0.25) is 0 Å². The number of benzene rings is 1. The molecule has 0 aromatic heterocycles. The summed E-state index contributed by atoms with van der Waals surface area (Å²) >= 11 is 3.13. The van der Waals surface area contributed by atoms with Gasteiger partial charge in [-0.1, -0.05) is 0 Å². The molecule has 4 heteroatoms. The topological polar surface area (TPSA) is 9.23 Å². The Hall–Kier alpha value is -0.770. The van der Waals surface area contributed by atoms with Crippen molar-refractivity contribution in [3.05, 3.63) is 29.8 Å². The fourth-order valence-electron chi connectivity index (χ4n) is 0.792. The van der Waals surface area contributed by atoms with Crippen LogP contribution in [0, 0.1) is 0 Å². The highest BCUT2D eigenvalue weighted by atomic mass is 32.1. The van der Waals surface area contributed by atoms with Gasteiger partial charge in [-0.2, -0.15) is 8.78 Å². The summed E-state index contributed by atoms with van der Waals surface area (Å²) in [5, 5.41) is -3.08. The van der Waals surface area contributed by atoms with Crippen molar-refractivity contribution in [3.63, 3.8) is 0 Å². The molecule has 12 heavy (non-hydrogen) atoms. The van der Waals surface area contributed by atoms with E-state index in [4.69, 9.17) is 4.74 Å². The molecule has 1 aromatic rings. The Morgan fingerprint density at radius 2 is 1.75 bits per heavy atom. The van der Waals surface area contributed by atoms with Crippen LogP contribution in [0.1, 0.15) is 5.56 Å². The Bertz CT molecular complexity index is 253. The van der Waals surface area contributed by atoms with Crippen LogP contribution in [0.5, 0.6) is 5.75 Å². The molecule has 0 unspecified atom stereocenters. The molecular weight excluding hydrogens is 182 g/mol. The van der Waals surface area contributed by atoms with E-state index in [-0.39, 0.29) is 5.56 Å². The van der Waals surface area contributed by atoms with E-state index >= 15 is 0 Å². The average Bonchev–Trinajstić information content (AvgIpc) is 2.03. The van der Waals surface area contributed by atoms with Crippen molar-refractivity contribution >= 4 is 12.6 Å². The molecule has 1 nitrogen and oxygen atoms in total. The predicted octanol–water partition coefficient (Wildman–Crippen LogP) is 2.67. The van der Waals surface area contributed by atoms with E-state index in [1.165, 1.54) is 31.4 Å². The summed E-state index contributed by atoms with van der Waals surface area (Å²) in [6.45, 7) is 0. The molecule has 0 amide bonds. The van der Waals surface area contributed by atoms with Crippen LogP contribution in [-0.2, 0) is 5.25 Å². The van der Waals surface area contributed by atoms with Crippen LogP contribution in [0.25, 0.3) is 0 Å². The van der Waals surface area contributed by atoms with Crippen molar-refractivity contribution in [1.29, 1.82) is 0 Å². The minimum Gasteiger partial charge on any atom is -0.497 e. The summed E-state index contributed by atoms with van der Waals surface area (Å²) < 4.78 is 29.8. The zero-order valence-electron chi connectivity index (χ0n) is 6.42. The first-order chi connectivity index (χ1) is 5.54. The van der Waals surface area contributed by atoms with Crippen LogP contribution in [-0.4, -0.2) is 7.11 Å². The van der Waals surface area contributed by atoms with E-state index in [0.717, 1.165) is 0 Å². The van der Waals surface area contributed by atoms with Gasteiger partial charge in [-0.15, -0.1) is 12.6 Å². The SMILES string of the molecule is COc1ccc(C(F)(F)S)cc1. The molecule has 0 N–H and O–H groups in total. The molecule has 66 valence electrons. The van der Waals surface area contributed by atoms with Gasteiger partial charge in [0.05, 0.1) is 7.11 Å². The van der Waals surface area contributed by atoms with Gasteiger partial charge in [-0.25, -0.2) is 0 Å². The smallest absolute Gasteiger partial charge is 0.316 e. The highest BCUT2D eigenvalue weighted by Crippen LogP contribution is 2.32. The van der Waals surface area contributed by atoms with Gasteiger partial charge in [0, 0.05) is 5.56 Å². The molecule has 1 aromatic carbocycles. The highest BCUT2D eigenvalue weighted by molar-refractivity contribution is 7.81. The van der Waals surface area contributed by atoms with Crippen molar-refractivity contribution in [2.24, 2.45) is 0 Å². The molecule has 0 aliphatic rings. The average molecular weight is 190 g/mol. The number of halogens is 2. The predicted molar refractivity (Wildman–Crippen MR) is 45.9 cm³/mol. The summed E-state index contributed by atoms with van der Waals surface area (Å²) in [5.41, 5.74) is -0.133. The van der Waals surface area contributed by atoms with E-state index < -0.39 is 5.25 Å². The zero-order chi connectivity index (χ0) is 9.19. The van der Waals surface area contributed by atoms with E-state index in [0.29, 0.717) is 5.75 Å². The third-order valence-corrected chi connectivity index (χ3v) is 1.70. The molecule has 0 spiro atoms. The second kappa shape index (κ2) is 3.31. The van der Waals surface area contributed by atoms with Crippen LogP contribution in [0.2, 0.25) is 0 Å². The normalized spacial score (nSPS) is 11.3. The van der Waals surface area contributed by atoms with Crippen LogP contribution in [0.4, 0.5) is 8.78 Å². The molecule has 0 fully saturated rings. The first-order valence-electron chi connectivity index (χ1n) is 3.29. The quantitative estimate of drug-likeness (QED) is 0.705. The minimum absolute atomic E-state index is 0.133. The van der Waals surface area contributed by atoms with E-state index in [9.17, 15) is 8.78 Å². The van der Waals surface area contributed by atoms with E-state index in [1.54, 1.807) is 0 Å². The van der Waals surface area contributed by atoms with Crippen molar-refractivity contribution in [2.75, 3.05) is 7.11 Å². The number of thiol groups is 1. The van der Waals surface area contributed by atoms with Crippen molar-refractivity contribution in [1.82, 2.24) is 0 Å². The summed E-state index contributed by atoms with van der Waals surface area (Å²) in [6.07, 6.45) is 0. The fourth-order valence-corrected chi connectivity index (χ4v) is 0.941. The van der Waals surface area contributed by atoms with Crippen LogP contribution >= 0.6 is 12.6 Å². The van der Waals surface area contributed by atoms with Gasteiger partial charge >= 0.3 is 5.25 Å². The zero-order valence-corrected chi connectivity index (χ0v) is 7.32. The van der Waals surface area contributed by atoms with Gasteiger partial charge in [-0.05, 0) is 24.3 Å². The number of hydrogen-bond donors (Lipinski definition) is 1. The van der Waals surface area contributed by atoms with Crippen LogP contribution in [0.15, 0.2) is 24.3 Å². The number of methoxy groups -OCH3 is 1. The summed E-state index contributed by atoms with van der Waals surface area (Å²) in [4.78, 5) is 0. The van der Waals surface area contributed by atoms with Gasteiger partial charge in [0.1, 0.15) is 5.75 Å². The van der Waals surface area contributed by atoms with Gasteiger partial charge < -0.3 is 4.74 Å². The molecular formula is C8H8F2OS. The Labute approximate surface area is 74.8 Å². The number of hydrogen-bond acceptors (Lipinski definition) is 2. The molecule has 0 saturated carbocycles. The maximum Gasteiger partial charge on any atom is 0.316 e. The Balaban J connectivity index is 2.93. The molecule has 1 rings (SSSR count). The monoisotopic (exact) mass is 190 g/mol.